The van der Waals surface area contributed by atoms with Gasteiger partial charge in [-0.1, -0.05) is 6.07 Å². The second-order valence-corrected chi connectivity index (χ2v) is 4.43. The van der Waals surface area contributed by atoms with Gasteiger partial charge in [0.2, 0.25) is 0 Å². The van der Waals surface area contributed by atoms with E-state index in [1.807, 2.05) is 0 Å². The van der Waals surface area contributed by atoms with E-state index in [0.717, 1.165) is 4.90 Å². The van der Waals surface area contributed by atoms with E-state index in [1.165, 1.54) is 25.2 Å². The van der Waals surface area contributed by atoms with E-state index in [1.54, 1.807) is 6.92 Å². The third-order valence-corrected chi connectivity index (χ3v) is 2.53. The van der Waals surface area contributed by atoms with Crippen LogP contribution < -0.4 is 5.32 Å². The van der Waals surface area contributed by atoms with Gasteiger partial charge in [0.15, 0.2) is 0 Å². The summed E-state index contributed by atoms with van der Waals surface area (Å²) in [5, 5.41) is 13.7. The first kappa shape index (κ1) is 16.2. The molecule has 0 aliphatic carbocycles. The molecule has 0 radical (unpaired) electrons. The van der Waals surface area contributed by atoms with Gasteiger partial charge in [0.1, 0.15) is 5.69 Å². The zero-order valence-corrected chi connectivity index (χ0v) is 11.2. The topological polar surface area (TPSA) is 58.4 Å². The summed E-state index contributed by atoms with van der Waals surface area (Å²) in [6, 6.07) is 4.27. The Labute approximate surface area is 114 Å². The average Bonchev–Trinajstić information content (AvgIpc) is 2.26. The molecule has 0 bridgehead atoms. The molecule has 5 nitrogen and oxygen atoms in total. The monoisotopic (exact) mass is 291 g/mol. The van der Waals surface area contributed by atoms with Gasteiger partial charge in [-0.15, -0.1) is 0 Å². The molecule has 0 atom stereocenters. The van der Waals surface area contributed by atoms with E-state index >= 15 is 0 Å². The highest BCUT2D eigenvalue weighted by atomic mass is 19.4. The van der Waals surface area contributed by atoms with Crippen molar-refractivity contribution >= 4 is 11.4 Å². The van der Waals surface area contributed by atoms with Crippen molar-refractivity contribution in [3.8, 4) is 0 Å². The van der Waals surface area contributed by atoms with E-state index < -0.39 is 17.6 Å². The largest absolute Gasteiger partial charge is 0.401 e. The molecule has 20 heavy (non-hydrogen) atoms. The predicted molar refractivity (Wildman–Crippen MR) is 69.6 cm³/mol. The summed E-state index contributed by atoms with van der Waals surface area (Å²) in [5.41, 5.74) is 0.808. The van der Waals surface area contributed by atoms with Crippen LogP contribution in [0.5, 0.6) is 0 Å². The number of benzene rings is 1. The summed E-state index contributed by atoms with van der Waals surface area (Å²) in [6.07, 6.45) is -4.26. The molecule has 0 saturated heterocycles. The van der Waals surface area contributed by atoms with Crippen molar-refractivity contribution in [3.05, 3.63) is 33.9 Å². The van der Waals surface area contributed by atoms with Crippen LogP contribution in [-0.4, -0.2) is 36.1 Å². The van der Waals surface area contributed by atoms with Crippen molar-refractivity contribution in [1.29, 1.82) is 0 Å². The number of rotatable bonds is 6. The van der Waals surface area contributed by atoms with Crippen molar-refractivity contribution in [2.75, 3.05) is 25.5 Å². The van der Waals surface area contributed by atoms with Crippen LogP contribution in [0, 0.1) is 10.1 Å². The molecule has 0 heterocycles. The molecule has 1 rings (SSSR count). The molecular formula is C12H16F3N3O2. The van der Waals surface area contributed by atoms with Gasteiger partial charge in [0, 0.05) is 19.2 Å². The second-order valence-electron chi connectivity index (χ2n) is 4.43. The van der Waals surface area contributed by atoms with Crippen LogP contribution >= 0.6 is 0 Å². The van der Waals surface area contributed by atoms with Crippen molar-refractivity contribution < 1.29 is 18.1 Å². The normalized spacial score (nSPS) is 11.7. The molecule has 1 aromatic carbocycles. The predicted octanol–water partition coefficient (Wildman–Crippen LogP) is 3.02. The van der Waals surface area contributed by atoms with Gasteiger partial charge in [-0.25, -0.2) is 0 Å². The summed E-state index contributed by atoms with van der Waals surface area (Å²) in [5.74, 6) is 0. The van der Waals surface area contributed by atoms with E-state index in [2.05, 4.69) is 5.32 Å². The molecule has 0 fully saturated rings. The summed E-state index contributed by atoms with van der Waals surface area (Å²) in [6.45, 7) is 1.31. The van der Waals surface area contributed by atoms with Crippen LogP contribution in [0.15, 0.2) is 18.2 Å². The maximum absolute atomic E-state index is 12.2. The highest BCUT2D eigenvalue weighted by Crippen LogP contribution is 2.26. The minimum Gasteiger partial charge on any atom is -0.380 e. The molecule has 1 N–H and O–H groups in total. The number of nitro groups is 1. The van der Waals surface area contributed by atoms with Gasteiger partial charge in [-0.2, -0.15) is 13.2 Å². The van der Waals surface area contributed by atoms with E-state index in [4.69, 9.17) is 0 Å². The van der Waals surface area contributed by atoms with Gasteiger partial charge < -0.3 is 5.32 Å². The Morgan fingerprint density at radius 1 is 1.40 bits per heavy atom. The Morgan fingerprint density at radius 2 is 2.05 bits per heavy atom. The van der Waals surface area contributed by atoms with Crippen LogP contribution in [0.4, 0.5) is 24.5 Å². The lowest BCUT2D eigenvalue weighted by Gasteiger charge is -2.19. The third-order valence-electron chi connectivity index (χ3n) is 2.53. The highest BCUT2D eigenvalue weighted by Gasteiger charge is 2.29. The summed E-state index contributed by atoms with van der Waals surface area (Å²) in [4.78, 5) is 11.4. The lowest BCUT2D eigenvalue weighted by molar-refractivity contribution is -0.384. The fraction of sp³-hybridized carbons (Fsp3) is 0.500. The van der Waals surface area contributed by atoms with Crippen LogP contribution in [0.25, 0.3) is 0 Å². The van der Waals surface area contributed by atoms with Crippen molar-refractivity contribution in [3.63, 3.8) is 0 Å². The van der Waals surface area contributed by atoms with Crippen LogP contribution in [0.2, 0.25) is 0 Å². The molecule has 8 heteroatoms. The fourth-order valence-corrected chi connectivity index (χ4v) is 1.85. The number of alkyl halides is 3. The van der Waals surface area contributed by atoms with Crippen molar-refractivity contribution in [2.45, 2.75) is 19.6 Å². The van der Waals surface area contributed by atoms with Gasteiger partial charge in [0.05, 0.1) is 11.5 Å². The van der Waals surface area contributed by atoms with Crippen LogP contribution in [0.1, 0.15) is 12.5 Å². The minimum atomic E-state index is -4.26. The molecule has 0 aromatic heterocycles. The van der Waals surface area contributed by atoms with Crippen LogP contribution in [-0.2, 0) is 6.54 Å². The third kappa shape index (κ3) is 5.04. The Kier molecular flexibility index (Phi) is 5.32. The maximum Gasteiger partial charge on any atom is 0.401 e. The zero-order valence-electron chi connectivity index (χ0n) is 11.2. The standard InChI is InChI=1S/C12H16F3N3O2/c1-3-16-10-6-9(4-5-11(10)18(19)20)7-17(2)8-12(13,14)15/h4-6,16H,3,7-8H2,1-2H3. The lowest BCUT2D eigenvalue weighted by atomic mass is 10.1. The highest BCUT2D eigenvalue weighted by molar-refractivity contribution is 5.62. The van der Waals surface area contributed by atoms with Crippen LogP contribution in [0.3, 0.4) is 0 Å². The second kappa shape index (κ2) is 6.56. The summed E-state index contributed by atoms with van der Waals surface area (Å²) in [7, 11) is 1.35. The quantitative estimate of drug-likeness (QED) is 0.646. The first-order valence-corrected chi connectivity index (χ1v) is 5.99. The Hall–Kier alpha value is -1.83. The van der Waals surface area contributed by atoms with Crippen molar-refractivity contribution in [2.24, 2.45) is 0 Å². The van der Waals surface area contributed by atoms with Gasteiger partial charge in [-0.05, 0) is 25.6 Å². The molecule has 0 amide bonds. The number of halogens is 3. The SMILES string of the molecule is CCNc1cc(CN(C)CC(F)(F)F)ccc1[N+](=O)[O-]. The molecule has 1 aromatic rings. The first-order valence-electron chi connectivity index (χ1n) is 5.99. The zero-order chi connectivity index (χ0) is 15.3. The first-order chi connectivity index (χ1) is 9.23. The van der Waals surface area contributed by atoms with Crippen molar-refractivity contribution in [1.82, 2.24) is 4.90 Å². The Morgan fingerprint density at radius 3 is 2.55 bits per heavy atom. The lowest BCUT2D eigenvalue weighted by Crippen LogP contribution is -2.30. The van der Waals surface area contributed by atoms with Gasteiger partial charge in [-0.3, -0.25) is 15.0 Å². The molecule has 0 spiro atoms. The number of nitro benzene ring substituents is 1. The van der Waals surface area contributed by atoms with Gasteiger partial charge in [0.25, 0.3) is 5.69 Å². The molecule has 0 unspecified atom stereocenters. The summed E-state index contributed by atoms with van der Waals surface area (Å²) < 4.78 is 36.7. The minimum absolute atomic E-state index is 0.0654. The van der Waals surface area contributed by atoms with E-state index in [9.17, 15) is 23.3 Å². The average molecular weight is 291 g/mol. The number of anilines is 1. The number of hydrogen-bond acceptors (Lipinski definition) is 4. The number of nitrogens with zero attached hydrogens (tertiary/aromatic N) is 2. The summed E-state index contributed by atoms with van der Waals surface area (Å²) >= 11 is 0. The number of nitrogens with one attached hydrogen (secondary N) is 1. The molecule has 0 saturated carbocycles. The smallest absolute Gasteiger partial charge is 0.380 e. The number of hydrogen-bond donors (Lipinski definition) is 1. The Bertz CT molecular complexity index is 478. The molecule has 112 valence electrons. The van der Waals surface area contributed by atoms with Gasteiger partial charge >= 0.3 is 6.18 Å². The van der Waals surface area contributed by atoms with E-state index in [0.29, 0.717) is 17.8 Å². The molecular weight excluding hydrogens is 275 g/mol. The Balaban J connectivity index is 2.86. The molecule has 0 aliphatic heterocycles. The van der Waals surface area contributed by atoms with E-state index in [-0.39, 0.29) is 12.2 Å². The fourth-order valence-electron chi connectivity index (χ4n) is 1.85. The maximum atomic E-state index is 12.2. The molecule has 0 aliphatic rings.